The van der Waals surface area contributed by atoms with Gasteiger partial charge in [-0.15, -0.1) is 0 Å². The topological polar surface area (TPSA) is 38.3 Å². The first-order valence-electron chi connectivity index (χ1n) is 6.28. The standard InChI is InChI=1S/C15H19ClN2O2/c1-12(7-6-10-18(2,3)4)20-15(19)17-14-9-5-8-13(16)11-14/h5,8-9,11-12H,10H2,1-4H3/p+1/t12-/m1/s1. The van der Waals surface area contributed by atoms with Gasteiger partial charge in [0.2, 0.25) is 0 Å². The Hall–Kier alpha value is -1.70. The van der Waals surface area contributed by atoms with Gasteiger partial charge < -0.3 is 9.22 Å². The molecule has 0 radical (unpaired) electrons. The van der Waals surface area contributed by atoms with Crippen LogP contribution in [0.25, 0.3) is 0 Å². The van der Waals surface area contributed by atoms with Gasteiger partial charge in [0, 0.05) is 10.7 Å². The molecule has 0 aliphatic heterocycles. The molecule has 1 aromatic rings. The van der Waals surface area contributed by atoms with Gasteiger partial charge in [0.15, 0.2) is 6.10 Å². The number of carbonyl (C=O) groups is 1. The smallest absolute Gasteiger partial charge is 0.412 e. The summed E-state index contributed by atoms with van der Waals surface area (Å²) in [6.07, 6.45) is -1.000. The normalized spacial score (nSPS) is 12.1. The van der Waals surface area contributed by atoms with Crippen molar-refractivity contribution in [1.82, 2.24) is 0 Å². The summed E-state index contributed by atoms with van der Waals surface area (Å²) < 4.78 is 5.88. The predicted octanol–water partition coefficient (Wildman–Crippen LogP) is 2.99. The van der Waals surface area contributed by atoms with Gasteiger partial charge in [0.25, 0.3) is 0 Å². The van der Waals surface area contributed by atoms with E-state index in [1.165, 1.54) is 0 Å². The molecule has 0 spiro atoms. The molecule has 0 aliphatic carbocycles. The molecule has 20 heavy (non-hydrogen) atoms. The minimum atomic E-state index is -0.542. The van der Waals surface area contributed by atoms with Crippen LogP contribution in [0.3, 0.4) is 0 Å². The number of carbonyl (C=O) groups excluding carboxylic acids is 1. The molecular formula is C15H20ClN2O2+. The van der Waals surface area contributed by atoms with Crippen LogP contribution in [-0.2, 0) is 4.74 Å². The molecule has 4 nitrogen and oxygen atoms in total. The van der Waals surface area contributed by atoms with Crippen LogP contribution in [0.5, 0.6) is 0 Å². The van der Waals surface area contributed by atoms with Gasteiger partial charge in [-0.05, 0) is 31.0 Å². The van der Waals surface area contributed by atoms with E-state index in [1.807, 2.05) is 21.1 Å². The van der Waals surface area contributed by atoms with Crippen molar-refractivity contribution < 1.29 is 14.0 Å². The quantitative estimate of drug-likeness (QED) is 0.688. The molecule has 0 unspecified atom stereocenters. The van der Waals surface area contributed by atoms with E-state index in [2.05, 4.69) is 17.2 Å². The molecule has 5 heteroatoms. The molecule has 0 aliphatic rings. The second-order valence-corrected chi connectivity index (χ2v) is 5.89. The number of quaternary nitrogens is 1. The fourth-order valence-corrected chi connectivity index (χ4v) is 1.52. The third kappa shape index (κ3) is 7.03. The van der Waals surface area contributed by atoms with Gasteiger partial charge in [0.1, 0.15) is 6.54 Å². The molecular weight excluding hydrogens is 276 g/mol. The van der Waals surface area contributed by atoms with Crippen molar-refractivity contribution in [3.63, 3.8) is 0 Å². The molecule has 1 N–H and O–H groups in total. The Bertz CT molecular complexity index is 527. The minimum Gasteiger partial charge on any atom is -0.433 e. The van der Waals surface area contributed by atoms with Crippen LogP contribution in [0, 0.1) is 11.8 Å². The summed E-state index contributed by atoms with van der Waals surface area (Å²) in [7, 11) is 6.14. The number of benzene rings is 1. The molecule has 0 saturated heterocycles. The van der Waals surface area contributed by atoms with E-state index < -0.39 is 12.2 Å². The average Bonchev–Trinajstić information content (AvgIpc) is 2.26. The summed E-state index contributed by atoms with van der Waals surface area (Å²) in [5, 5.41) is 3.16. The largest absolute Gasteiger partial charge is 0.433 e. The first kappa shape index (κ1) is 16.4. The summed E-state index contributed by atoms with van der Waals surface area (Å²) in [5.74, 6) is 5.89. The second-order valence-electron chi connectivity index (χ2n) is 5.45. The Kier molecular flexibility index (Phi) is 5.87. The van der Waals surface area contributed by atoms with Crippen molar-refractivity contribution in [3.8, 4) is 11.8 Å². The van der Waals surface area contributed by atoms with Crippen molar-refractivity contribution >= 4 is 23.4 Å². The van der Waals surface area contributed by atoms with Gasteiger partial charge in [-0.25, -0.2) is 4.79 Å². The highest BCUT2D eigenvalue weighted by atomic mass is 35.5. The number of rotatable bonds is 3. The number of anilines is 1. The van der Waals surface area contributed by atoms with Gasteiger partial charge >= 0.3 is 6.09 Å². The molecule has 1 amide bonds. The van der Waals surface area contributed by atoms with E-state index in [4.69, 9.17) is 16.3 Å². The molecule has 1 aromatic carbocycles. The fraction of sp³-hybridized carbons (Fsp3) is 0.400. The Morgan fingerprint density at radius 1 is 1.45 bits per heavy atom. The number of halogens is 1. The van der Waals surface area contributed by atoms with Crippen LogP contribution in [0.1, 0.15) is 6.92 Å². The maximum Gasteiger partial charge on any atom is 0.412 e. The highest BCUT2D eigenvalue weighted by molar-refractivity contribution is 6.30. The van der Waals surface area contributed by atoms with E-state index >= 15 is 0 Å². The summed E-state index contributed by atoms with van der Waals surface area (Å²) in [6.45, 7) is 2.43. The maximum atomic E-state index is 11.6. The third-order valence-corrected chi connectivity index (χ3v) is 2.45. The summed E-state index contributed by atoms with van der Waals surface area (Å²) in [6, 6.07) is 6.87. The van der Waals surface area contributed by atoms with E-state index in [0.717, 1.165) is 4.48 Å². The van der Waals surface area contributed by atoms with Crippen LogP contribution >= 0.6 is 11.6 Å². The maximum absolute atomic E-state index is 11.6. The lowest BCUT2D eigenvalue weighted by molar-refractivity contribution is -0.862. The Labute approximate surface area is 125 Å². The molecule has 0 heterocycles. The van der Waals surface area contributed by atoms with Crippen molar-refractivity contribution in [2.45, 2.75) is 13.0 Å². The number of ether oxygens (including phenoxy) is 1. The van der Waals surface area contributed by atoms with Gasteiger partial charge in [-0.1, -0.05) is 23.6 Å². The van der Waals surface area contributed by atoms with Crippen LogP contribution in [-0.4, -0.2) is 44.4 Å². The van der Waals surface area contributed by atoms with Crippen LogP contribution in [0.4, 0.5) is 10.5 Å². The van der Waals surface area contributed by atoms with Gasteiger partial charge in [-0.2, -0.15) is 0 Å². The number of hydrogen-bond donors (Lipinski definition) is 1. The molecule has 1 rings (SSSR count). The first-order chi connectivity index (χ1) is 9.26. The van der Waals surface area contributed by atoms with Crippen molar-refractivity contribution in [1.29, 1.82) is 0 Å². The van der Waals surface area contributed by atoms with Gasteiger partial charge in [-0.3, -0.25) is 5.32 Å². The predicted molar refractivity (Wildman–Crippen MR) is 81.7 cm³/mol. The second kappa shape index (κ2) is 7.18. The van der Waals surface area contributed by atoms with Crippen LogP contribution in [0.15, 0.2) is 24.3 Å². The van der Waals surface area contributed by atoms with Crippen LogP contribution in [0.2, 0.25) is 5.02 Å². The van der Waals surface area contributed by atoms with Crippen molar-refractivity contribution in [2.75, 3.05) is 33.0 Å². The molecule has 0 bridgehead atoms. The lowest BCUT2D eigenvalue weighted by Gasteiger charge is -2.20. The number of nitrogens with zero attached hydrogens (tertiary/aromatic N) is 1. The highest BCUT2D eigenvalue weighted by Gasteiger charge is 2.08. The lowest BCUT2D eigenvalue weighted by Crippen LogP contribution is -2.34. The zero-order valence-corrected chi connectivity index (χ0v) is 13.0. The third-order valence-electron chi connectivity index (χ3n) is 2.21. The van der Waals surface area contributed by atoms with E-state index in [-0.39, 0.29) is 0 Å². The molecule has 108 valence electrons. The number of amides is 1. The SMILES string of the molecule is C[C@H](C#CC[N+](C)(C)C)OC(=O)Nc1cccc(Cl)c1. The molecule has 0 aromatic heterocycles. The summed E-state index contributed by atoms with van der Waals surface area (Å²) in [5.41, 5.74) is 0.592. The van der Waals surface area contributed by atoms with Crippen molar-refractivity contribution in [2.24, 2.45) is 0 Å². The number of nitrogens with one attached hydrogen (secondary N) is 1. The summed E-state index contributed by atoms with van der Waals surface area (Å²) >= 11 is 5.83. The average molecular weight is 296 g/mol. The van der Waals surface area contributed by atoms with E-state index in [1.54, 1.807) is 31.2 Å². The van der Waals surface area contributed by atoms with Gasteiger partial charge in [0.05, 0.1) is 21.1 Å². The van der Waals surface area contributed by atoms with E-state index in [9.17, 15) is 4.79 Å². The lowest BCUT2D eigenvalue weighted by atomic mass is 10.3. The zero-order valence-electron chi connectivity index (χ0n) is 12.2. The molecule has 0 saturated carbocycles. The Balaban J connectivity index is 2.46. The van der Waals surface area contributed by atoms with E-state index in [0.29, 0.717) is 17.3 Å². The molecule has 0 fully saturated rings. The van der Waals surface area contributed by atoms with Crippen molar-refractivity contribution in [3.05, 3.63) is 29.3 Å². The van der Waals surface area contributed by atoms with Crippen LogP contribution < -0.4 is 5.32 Å². The first-order valence-corrected chi connectivity index (χ1v) is 6.66. The monoisotopic (exact) mass is 295 g/mol. The fourth-order valence-electron chi connectivity index (χ4n) is 1.33. The highest BCUT2D eigenvalue weighted by Crippen LogP contribution is 2.15. The Morgan fingerprint density at radius 2 is 2.15 bits per heavy atom. The summed E-state index contributed by atoms with van der Waals surface area (Å²) in [4.78, 5) is 11.6. The molecule has 1 atom stereocenters. The number of hydrogen-bond acceptors (Lipinski definition) is 2. The minimum absolute atomic E-state index is 0.458. The zero-order chi connectivity index (χ0) is 15.2. The Morgan fingerprint density at radius 3 is 2.75 bits per heavy atom.